The summed E-state index contributed by atoms with van der Waals surface area (Å²) in [5.41, 5.74) is 3.55. The van der Waals surface area contributed by atoms with Gasteiger partial charge in [0.1, 0.15) is 6.17 Å². The summed E-state index contributed by atoms with van der Waals surface area (Å²) in [5.74, 6) is -0.574. The van der Waals surface area contributed by atoms with Crippen molar-refractivity contribution in [2.24, 2.45) is 0 Å². The second-order valence-corrected chi connectivity index (χ2v) is 3.75. The summed E-state index contributed by atoms with van der Waals surface area (Å²) < 4.78 is 0. The molecule has 1 atom stereocenters. The molecule has 1 aliphatic heterocycles. The van der Waals surface area contributed by atoms with E-state index in [-0.39, 0.29) is 11.8 Å². The summed E-state index contributed by atoms with van der Waals surface area (Å²) in [6.07, 6.45) is -0.484. The first-order valence-electron chi connectivity index (χ1n) is 5.51. The highest BCUT2D eigenvalue weighted by Crippen LogP contribution is 2.23. The molecule has 1 N–H and O–H groups in total. The van der Waals surface area contributed by atoms with E-state index < -0.39 is 6.17 Å². The molecule has 2 amide bonds. The van der Waals surface area contributed by atoms with Crippen LogP contribution in [0.15, 0.2) is 24.3 Å². The maximum Gasteiger partial charge on any atom is 0.262 e. The molecule has 1 aromatic rings. The van der Waals surface area contributed by atoms with E-state index in [4.69, 9.17) is 4.84 Å². The minimum absolute atomic E-state index is 0.287. The molecule has 5 heteroatoms. The zero-order chi connectivity index (χ0) is 12.4. The summed E-state index contributed by atoms with van der Waals surface area (Å²) in [4.78, 5) is 30.2. The van der Waals surface area contributed by atoms with Crippen LogP contribution in [0.3, 0.4) is 0 Å². The highest BCUT2D eigenvalue weighted by molar-refractivity contribution is 6.21. The van der Waals surface area contributed by atoms with Crippen molar-refractivity contribution in [2.75, 3.05) is 6.61 Å². The van der Waals surface area contributed by atoms with E-state index in [2.05, 4.69) is 5.48 Å². The molecule has 0 aromatic heterocycles. The Morgan fingerprint density at radius 3 is 2.24 bits per heavy atom. The van der Waals surface area contributed by atoms with Crippen molar-refractivity contribution in [1.29, 1.82) is 0 Å². The van der Waals surface area contributed by atoms with Crippen LogP contribution in [0.25, 0.3) is 0 Å². The van der Waals surface area contributed by atoms with Crippen LogP contribution in [0.4, 0.5) is 0 Å². The number of amides is 2. The van der Waals surface area contributed by atoms with Crippen LogP contribution in [0.1, 0.15) is 34.6 Å². The van der Waals surface area contributed by atoms with Gasteiger partial charge in [0.05, 0.1) is 17.7 Å². The summed E-state index contributed by atoms with van der Waals surface area (Å²) >= 11 is 0. The zero-order valence-corrected chi connectivity index (χ0v) is 9.77. The Labute approximate surface area is 99.3 Å². The Hall–Kier alpha value is -1.72. The SMILES string of the molecule is CCONC(C)N1C(=O)c2ccccc2C1=O. The zero-order valence-electron chi connectivity index (χ0n) is 9.77. The molecular weight excluding hydrogens is 220 g/mol. The van der Waals surface area contributed by atoms with Gasteiger partial charge in [-0.25, -0.2) is 0 Å². The number of hydrogen-bond acceptors (Lipinski definition) is 4. The average Bonchev–Trinajstić information content (AvgIpc) is 2.60. The van der Waals surface area contributed by atoms with Crippen LogP contribution in [-0.2, 0) is 4.84 Å². The van der Waals surface area contributed by atoms with Crippen LogP contribution < -0.4 is 5.48 Å². The standard InChI is InChI=1S/C12H14N2O3/c1-3-17-13-8(2)14-11(15)9-6-4-5-7-10(9)12(14)16/h4-8,13H,3H2,1-2H3. The van der Waals surface area contributed by atoms with E-state index in [1.54, 1.807) is 31.2 Å². The van der Waals surface area contributed by atoms with Crippen molar-refractivity contribution in [3.05, 3.63) is 35.4 Å². The van der Waals surface area contributed by atoms with Crippen molar-refractivity contribution in [2.45, 2.75) is 20.0 Å². The van der Waals surface area contributed by atoms with Gasteiger partial charge < -0.3 is 4.84 Å². The van der Waals surface area contributed by atoms with Gasteiger partial charge in [-0.1, -0.05) is 12.1 Å². The Morgan fingerprint density at radius 2 is 1.76 bits per heavy atom. The molecule has 90 valence electrons. The lowest BCUT2D eigenvalue weighted by Crippen LogP contribution is -2.46. The van der Waals surface area contributed by atoms with Crippen LogP contribution in [0.5, 0.6) is 0 Å². The van der Waals surface area contributed by atoms with E-state index >= 15 is 0 Å². The molecule has 1 heterocycles. The lowest BCUT2D eigenvalue weighted by molar-refractivity contribution is -0.0106. The highest BCUT2D eigenvalue weighted by Gasteiger charge is 2.38. The predicted molar refractivity (Wildman–Crippen MR) is 61.2 cm³/mol. The number of carbonyl (C=O) groups is 2. The number of hydroxylamine groups is 1. The Morgan fingerprint density at radius 1 is 1.24 bits per heavy atom. The molecule has 1 aromatic carbocycles. The molecule has 0 fully saturated rings. The fourth-order valence-electron chi connectivity index (χ4n) is 1.82. The average molecular weight is 234 g/mol. The van der Waals surface area contributed by atoms with Gasteiger partial charge in [0.25, 0.3) is 11.8 Å². The quantitative estimate of drug-likeness (QED) is 0.627. The summed E-state index contributed by atoms with van der Waals surface area (Å²) in [5, 5.41) is 0. The topological polar surface area (TPSA) is 58.6 Å². The van der Waals surface area contributed by atoms with E-state index in [9.17, 15) is 9.59 Å². The fraction of sp³-hybridized carbons (Fsp3) is 0.333. The van der Waals surface area contributed by atoms with E-state index in [1.165, 1.54) is 4.90 Å². The first kappa shape index (κ1) is 11.8. The lowest BCUT2D eigenvalue weighted by atomic mass is 10.1. The van der Waals surface area contributed by atoms with Gasteiger partial charge in [0, 0.05) is 0 Å². The number of carbonyl (C=O) groups excluding carboxylic acids is 2. The molecule has 5 nitrogen and oxygen atoms in total. The molecule has 1 unspecified atom stereocenters. The third-order valence-corrected chi connectivity index (χ3v) is 2.61. The number of hydrogen-bond donors (Lipinski definition) is 1. The third kappa shape index (κ3) is 1.94. The second-order valence-electron chi connectivity index (χ2n) is 3.75. The monoisotopic (exact) mass is 234 g/mol. The molecule has 1 aliphatic rings. The maximum atomic E-state index is 12.0. The number of rotatable bonds is 4. The van der Waals surface area contributed by atoms with Crippen molar-refractivity contribution in [3.8, 4) is 0 Å². The molecule has 0 bridgehead atoms. The van der Waals surface area contributed by atoms with Crippen molar-refractivity contribution < 1.29 is 14.4 Å². The molecule has 0 saturated heterocycles. The van der Waals surface area contributed by atoms with Gasteiger partial charge in [-0.05, 0) is 26.0 Å². The molecule has 0 aliphatic carbocycles. The maximum absolute atomic E-state index is 12.0. The van der Waals surface area contributed by atoms with Gasteiger partial charge in [-0.2, -0.15) is 5.48 Å². The Bertz CT molecular complexity index is 424. The summed E-state index contributed by atoms with van der Waals surface area (Å²) in [7, 11) is 0. The highest BCUT2D eigenvalue weighted by atomic mass is 16.6. The number of nitrogens with one attached hydrogen (secondary N) is 1. The van der Waals surface area contributed by atoms with Crippen molar-refractivity contribution in [3.63, 3.8) is 0 Å². The lowest BCUT2D eigenvalue weighted by Gasteiger charge is -2.22. The van der Waals surface area contributed by atoms with Gasteiger partial charge in [0.2, 0.25) is 0 Å². The summed E-state index contributed by atoms with van der Waals surface area (Å²) in [6, 6.07) is 6.80. The van der Waals surface area contributed by atoms with Crippen LogP contribution in [0, 0.1) is 0 Å². The first-order chi connectivity index (χ1) is 8.16. The van der Waals surface area contributed by atoms with Gasteiger partial charge in [-0.3, -0.25) is 14.5 Å². The largest absolute Gasteiger partial charge is 0.300 e. The first-order valence-corrected chi connectivity index (χ1v) is 5.51. The molecule has 2 rings (SSSR count). The van der Waals surface area contributed by atoms with E-state index in [0.717, 1.165) is 0 Å². The minimum atomic E-state index is -0.484. The number of benzene rings is 1. The smallest absolute Gasteiger partial charge is 0.262 e. The van der Waals surface area contributed by atoms with Gasteiger partial charge in [0.15, 0.2) is 0 Å². The molecule has 0 saturated carbocycles. The van der Waals surface area contributed by atoms with Gasteiger partial charge in [-0.15, -0.1) is 0 Å². The summed E-state index contributed by atoms with van der Waals surface area (Å²) in [6.45, 7) is 3.99. The molecule has 17 heavy (non-hydrogen) atoms. The van der Waals surface area contributed by atoms with Crippen molar-refractivity contribution in [1.82, 2.24) is 10.4 Å². The number of nitrogens with zero attached hydrogens (tertiary/aromatic N) is 1. The van der Waals surface area contributed by atoms with Crippen LogP contribution in [-0.4, -0.2) is 29.5 Å². The van der Waals surface area contributed by atoms with E-state index in [1.807, 2.05) is 6.92 Å². The number of imide groups is 1. The predicted octanol–water partition coefficient (Wildman–Crippen LogP) is 1.17. The molecule has 0 spiro atoms. The van der Waals surface area contributed by atoms with Crippen LogP contribution >= 0.6 is 0 Å². The normalized spacial score (nSPS) is 16.2. The molecule has 0 radical (unpaired) electrons. The van der Waals surface area contributed by atoms with Crippen molar-refractivity contribution >= 4 is 11.8 Å². The third-order valence-electron chi connectivity index (χ3n) is 2.61. The fourth-order valence-corrected chi connectivity index (χ4v) is 1.82. The Balaban J connectivity index is 2.24. The second kappa shape index (κ2) is 4.65. The molecular formula is C12H14N2O3. The minimum Gasteiger partial charge on any atom is -0.300 e. The Kier molecular flexibility index (Phi) is 3.21. The van der Waals surface area contributed by atoms with Crippen LogP contribution in [0.2, 0.25) is 0 Å². The van der Waals surface area contributed by atoms with E-state index in [0.29, 0.717) is 17.7 Å². The number of fused-ring (bicyclic) bond motifs is 1. The van der Waals surface area contributed by atoms with Gasteiger partial charge >= 0.3 is 0 Å².